The van der Waals surface area contributed by atoms with Crippen LogP contribution in [0.2, 0.25) is 0 Å². The van der Waals surface area contributed by atoms with E-state index in [0.29, 0.717) is 36.3 Å². The van der Waals surface area contributed by atoms with Crippen LogP contribution in [0.5, 0.6) is 0 Å². The van der Waals surface area contributed by atoms with E-state index in [9.17, 15) is 26.3 Å². The van der Waals surface area contributed by atoms with Crippen LogP contribution >= 0.6 is 0 Å². The van der Waals surface area contributed by atoms with E-state index in [-0.39, 0.29) is 34.9 Å². The maximum atomic E-state index is 14.0. The molecule has 6 aromatic carbocycles. The molecule has 6 bridgehead atoms. The highest BCUT2D eigenvalue weighted by Gasteiger charge is 2.43. The number of likely N-dealkylation sites (N-methyl/N-ethyl adjacent to an activating group) is 3. The van der Waals surface area contributed by atoms with E-state index >= 15 is 0 Å². The number of nitrogens with zero attached hydrogens (tertiary/aromatic N) is 6. The fourth-order valence-corrected chi connectivity index (χ4v) is 14.9. The van der Waals surface area contributed by atoms with Crippen LogP contribution in [0.1, 0.15) is 107 Å². The van der Waals surface area contributed by atoms with Crippen molar-refractivity contribution in [1.82, 2.24) is 28.4 Å². The van der Waals surface area contributed by atoms with Crippen LogP contribution in [0.15, 0.2) is 127 Å². The van der Waals surface area contributed by atoms with Gasteiger partial charge in [-0.25, -0.2) is 26.3 Å². The minimum atomic E-state index is -0.201. The molecule has 0 saturated carbocycles. The number of aryl methyl sites for hydroxylation is 6. The molecule has 402 valence electrons. The molecule has 0 aliphatic carbocycles. The molecular weight excluding hydrogens is 991 g/mol. The van der Waals surface area contributed by atoms with E-state index in [2.05, 4.69) is 49.5 Å². The largest absolute Gasteiger partial charge is 0.344 e. The van der Waals surface area contributed by atoms with Gasteiger partial charge < -0.3 is 13.7 Å². The maximum Gasteiger partial charge on any atom is 0.123 e. The average molecular weight is 1060 g/mol. The van der Waals surface area contributed by atoms with Gasteiger partial charge in [0.25, 0.3) is 0 Å². The summed E-state index contributed by atoms with van der Waals surface area (Å²) in [4.78, 5) is 7.41. The minimum absolute atomic E-state index is 0.168. The topological polar surface area (TPSA) is 24.5 Å². The Kier molecular flexibility index (Phi) is 13.4. The molecule has 3 fully saturated rings. The first-order valence-corrected chi connectivity index (χ1v) is 28.2. The third-order valence-electron chi connectivity index (χ3n) is 19.0. The lowest BCUT2D eigenvalue weighted by Gasteiger charge is -2.32. The molecule has 0 spiro atoms. The van der Waals surface area contributed by atoms with Crippen LogP contribution in [0.25, 0.3) is 32.7 Å². The van der Waals surface area contributed by atoms with Gasteiger partial charge in [0.2, 0.25) is 0 Å². The van der Waals surface area contributed by atoms with Crippen molar-refractivity contribution in [1.29, 1.82) is 0 Å². The summed E-state index contributed by atoms with van der Waals surface area (Å²) in [5, 5.41) is 3.20. The van der Waals surface area contributed by atoms with Crippen LogP contribution in [-0.2, 0) is 58.2 Å². The van der Waals surface area contributed by atoms with Gasteiger partial charge >= 0.3 is 0 Å². The summed E-state index contributed by atoms with van der Waals surface area (Å²) >= 11 is 0. The monoisotopic (exact) mass is 1060 g/mol. The Morgan fingerprint density at radius 1 is 0.333 bits per heavy atom. The predicted molar refractivity (Wildman–Crippen MR) is 298 cm³/mol. The molecular formula is C66H66F6N6. The molecule has 3 aromatic heterocycles. The van der Waals surface area contributed by atoms with Gasteiger partial charge in [0, 0.05) is 125 Å². The molecule has 2 unspecified atom stereocenters. The zero-order chi connectivity index (χ0) is 53.5. The van der Waals surface area contributed by atoms with Gasteiger partial charge in [0.05, 0.1) is 0 Å². The Morgan fingerprint density at radius 2 is 0.590 bits per heavy atom. The van der Waals surface area contributed by atoms with E-state index in [1.165, 1.54) is 89.4 Å². The van der Waals surface area contributed by atoms with Crippen molar-refractivity contribution < 1.29 is 26.3 Å². The number of fused-ring (bicyclic) bond motifs is 18. The van der Waals surface area contributed by atoms with Crippen molar-refractivity contribution in [2.45, 2.75) is 133 Å². The summed E-state index contributed by atoms with van der Waals surface area (Å²) in [5.41, 5.74) is 14.9. The molecule has 0 amide bonds. The molecule has 9 heterocycles. The quantitative estimate of drug-likeness (QED) is 0.135. The minimum Gasteiger partial charge on any atom is -0.344 e. The molecule has 3 saturated heterocycles. The van der Waals surface area contributed by atoms with Crippen LogP contribution in [0.3, 0.4) is 0 Å². The van der Waals surface area contributed by atoms with Crippen LogP contribution < -0.4 is 0 Å². The Hall–Kier alpha value is -6.60. The van der Waals surface area contributed by atoms with Gasteiger partial charge in [-0.2, -0.15) is 0 Å². The summed E-state index contributed by atoms with van der Waals surface area (Å²) in [7, 11) is 6.60. The predicted octanol–water partition coefficient (Wildman–Crippen LogP) is 14.6. The van der Waals surface area contributed by atoms with Gasteiger partial charge in [0.1, 0.15) is 34.9 Å². The van der Waals surface area contributed by atoms with E-state index < -0.39 is 0 Å². The molecule has 6 aliphatic rings. The second-order valence-corrected chi connectivity index (χ2v) is 23.0. The summed E-state index contributed by atoms with van der Waals surface area (Å²) in [5.74, 6) is -1.11. The lowest BCUT2D eigenvalue weighted by atomic mass is 9.97. The van der Waals surface area contributed by atoms with Gasteiger partial charge in [-0.05, 0) is 203 Å². The summed E-state index contributed by atoms with van der Waals surface area (Å²) in [6.45, 7) is 2.52. The average Bonchev–Trinajstić information content (AvgIpc) is 4.33. The summed E-state index contributed by atoms with van der Waals surface area (Å²) in [6.07, 6.45) is 12.7. The maximum absolute atomic E-state index is 14.0. The molecule has 78 heavy (non-hydrogen) atoms. The second kappa shape index (κ2) is 20.6. The van der Waals surface area contributed by atoms with Crippen molar-refractivity contribution >= 4 is 32.7 Å². The van der Waals surface area contributed by atoms with Crippen LogP contribution in [0.4, 0.5) is 26.3 Å². The number of halogens is 6. The Balaban J connectivity index is 0.000000111. The summed E-state index contributed by atoms with van der Waals surface area (Å²) in [6, 6.07) is 38.7. The molecule has 6 aliphatic heterocycles. The first-order valence-electron chi connectivity index (χ1n) is 28.2. The van der Waals surface area contributed by atoms with Gasteiger partial charge in [-0.15, -0.1) is 0 Å². The molecule has 6 atom stereocenters. The highest BCUT2D eigenvalue weighted by atomic mass is 19.1. The van der Waals surface area contributed by atoms with Gasteiger partial charge in [0.15, 0.2) is 0 Å². The SMILES string of the molecule is CN1C2CCC1c1c(n(CCc3ccc(F)cc3)c3ccc(F)cc13)C2.CN1[C@@H]2CC[C@H]1c1c(n(CCc3ccc(F)cc3)c3ccc(F)cc13)C2.CN1[C@H]2CC[C@@H]1c1c(n(CCc3ccc(F)cc3)c3ccc(F)cc13)C2. The first-order chi connectivity index (χ1) is 37.8. The van der Waals surface area contributed by atoms with E-state index in [1.54, 1.807) is 36.4 Å². The number of rotatable bonds is 9. The van der Waals surface area contributed by atoms with Gasteiger partial charge in [-0.1, -0.05) is 36.4 Å². The van der Waals surface area contributed by atoms with E-state index in [0.717, 1.165) is 127 Å². The lowest BCUT2D eigenvalue weighted by molar-refractivity contribution is 0.222. The third kappa shape index (κ3) is 9.15. The van der Waals surface area contributed by atoms with Crippen molar-refractivity contribution in [3.63, 3.8) is 0 Å². The lowest BCUT2D eigenvalue weighted by Crippen LogP contribution is -2.34. The van der Waals surface area contributed by atoms with Crippen LogP contribution in [-0.4, -0.2) is 67.7 Å². The molecule has 15 rings (SSSR count). The van der Waals surface area contributed by atoms with Crippen LogP contribution in [0, 0.1) is 34.9 Å². The normalized spacial score (nSPS) is 22.1. The van der Waals surface area contributed by atoms with Crippen molar-refractivity contribution in [3.05, 3.63) is 213 Å². The standard InChI is InChI=1S/3C22H22F2N2/c3*1-25-17-7-9-20(25)22-18-12-16(24)6-8-19(18)26(21(22)13-17)11-10-14-2-4-15(23)5-3-14/h3*2-6,8,12,17,20H,7,9-11,13H2,1H3/t2*17-,20+;/m10./s1. The third-order valence-corrected chi connectivity index (χ3v) is 19.0. The zero-order valence-electron chi connectivity index (χ0n) is 44.6. The second-order valence-electron chi connectivity index (χ2n) is 23.0. The van der Waals surface area contributed by atoms with E-state index in [4.69, 9.17) is 0 Å². The fourth-order valence-electron chi connectivity index (χ4n) is 14.9. The molecule has 0 N–H and O–H groups in total. The molecule has 12 heteroatoms. The van der Waals surface area contributed by atoms with Crippen molar-refractivity contribution in [3.8, 4) is 0 Å². The first kappa shape index (κ1) is 50.9. The Bertz CT molecular complexity index is 3310. The molecule has 0 radical (unpaired) electrons. The Morgan fingerprint density at radius 3 is 0.859 bits per heavy atom. The molecule has 6 nitrogen and oxygen atoms in total. The number of benzene rings is 6. The smallest absolute Gasteiger partial charge is 0.123 e. The summed E-state index contributed by atoms with van der Waals surface area (Å²) < 4.78 is 88.6. The number of aromatic nitrogens is 3. The highest BCUT2D eigenvalue weighted by Crippen LogP contribution is 2.50. The number of hydrogen-bond donors (Lipinski definition) is 0. The zero-order valence-corrected chi connectivity index (χ0v) is 44.6. The molecule has 9 aromatic rings. The van der Waals surface area contributed by atoms with Crippen molar-refractivity contribution in [2.75, 3.05) is 21.1 Å². The van der Waals surface area contributed by atoms with E-state index in [1.807, 2.05) is 54.6 Å². The van der Waals surface area contributed by atoms with Crippen molar-refractivity contribution in [2.24, 2.45) is 0 Å². The van der Waals surface area contributed by atoms with Gasteiger partial charge in [-0.3, -0.25) is 14.7 Å². The Labute approximate surface area is 452 Å². The fraction of sp³-hybridized carbons (Fsp3) is 0.364. The number of hydrogen-bond acceptors (Lipinski definition) is 3. The highest BCUT2D eigenvalue weighted by molar-refractivity contribution is 5.88.